The molecular weight excluding hydrogens is 146 g/mol. The fraction of sp³-hybridized carbons (Fsp3) is 0.750. The fourth-order valence-electron chi connectivity index (χ4n) is 0.890. The zero-order valence-electron chi connectivity index (χ0n) is 6.41. The van der Waals surface area contributed by atoms with Crippen molar-refractivity contribution >= 4 is 11.6 Å². The van der Waals surface area contributed by atoms with Crippen LogP contribution in [-0.4, -0.2) is 13.1 Å². The first-order valence-corrected chi connectivity index (χ1v) is 4.04. The Morgan fingerprint density at radius 3 is 2.70 bits per heavy atom. The molecule has 0 atom stereocenters. The van der Waals surface area contributed by atoms with E-state index >= 15 is 0 Å². The molecule has 58 valence electrons. The van der Waals surface area contributed by atoms with Gasteiger partial charge in [-0.3, -0.25) is 0 Å². The summed E-state index contributed by atoms with van der Waals surface area (Å²) in [5.41, 5.74) is 0.576. The van der Waals surface area contributed by atoms with Crippen molar-refractivity contribution in [1.29, 1.82) is 0 Å². The van der Waals surface area contributed by atoms with E-state index < -0.39 is 0 Å². The van der Waals surface area contributed by atoms with E-state index in [1.54, 1.807) is 0 Å². The van der Waals surface area contributed by atoms with Crippen molar-refractivity contribution in [2.75, 3.05) is 13.1 Å². The van der Waals surface area contributed by atoms with Crippen molar-refractivity contribution in [3.8, 4) is 0 Å². The molecule has 0 bridgehead atoms. The van der Waals surface area contributed by atoms with E-state index in [9.17, 15) is 0 Å². The highest BCUT2D eigenvalue weighted by Crippen LogP contribution is 2.43. The zero-order chi connectivity index (χ0) is 7.61. The van der Waals surface area contributed by atoms with Crippen LogP contribution in [0.25, 0.3) is 0 Å². The minimum Gasteiger partial charge on any atom is -0.311 e. The van der Waals surface area contributed by atoms with E-state index in [0.717, 1.165) is 13.1 Å². The van der Waals surface area contributed by atoms with Gasteiger partial charge in [0.05, 0.1) is 0 Å². The molecule has 1 aliphatic rings. The third kappa shape index (κ3) is 2.72. The van der Waals surface area contributed by atoms with Crippen LogP contribution in [0.4, 0.5) is 0 Å². The van der Waals surface area contributed by atoms with E-state index in [4.69, 9.17) is 11.6 Å². The van der Waals surface area contributed by atoms with E-state index in [0.29, 0.717) is 10.4 Å². The fourth-order valence-corrected chi connectivity index (χ4v) is 0.985. The lowest BCUT2D eigenvalue weighted by Crippen LogP contribution is -2.22. The minimum atomic E-state index is 0.576. The molecule has 0 aliphatic heterocycles. The van der Waals surface area contributed by atoms with Crippen LogP contribution in [0, 0.1) is 5.41 Å². The molecule has 0 saturated heterocycles. The van der Waals surface area contributed by atoms with Crippen molar-refractivity contribution < 1.29 is 0 Å². The lowest BCUT2D eigenvalue weighted by Gasteiger charge is -2.08. The van der Waals surface area contributed by atoms with Crippen LogP contribution in [0.1, 0.15) is 19.8 Å². The summed E-state index contributed by atoms with van der Waals surface area (Å²) in [5, 5.41) is 3.95. The van der Waals surface area contributed by atoms with Crippen molar-refractivity contribution in [3.05, 3.63) is 11.6 Å². The van der Waals surface area contributed by atoms with Gasteiger partial charge in [-0.15, -0.1) is 0 Å². The Bertz CT molecular complexity index is 138. The molecule has 1 fully saturated rings. The van der Waals surface area contributed by atoms with Crippen molar-refractivity contribution in [1.82, 2.24) is 5.32 Å². The third-order valence-corrected chi connectivity index (χ3v) is 2.11. The molecule has 0 unspecified atom stereocenters. The second-order valence-electron chi connectivity index (χ2n) is 3.43. The first-order chi connectivity index (χ1) is 4.62. The topological polar surface area (TPSA) is 12.0 Å². The van der Waals surface area contributed by atoms with Crippen LogP contribution in [0.5, 0.6) is 0 Å². The predicted octanol–water partition coefficient (Wildman–Crippen LogP) is 2.13. The Balaban J connectivity index is 2.00. The van der Waals surface area contributed by atoms with Crippen LogP contribution < -0.4 is 5.32 Å². The normalized spacial score (nSPS) is 20.6. The molecule has 0 aromatic heterocycles. The molecule has 0 radical (unpaired) electrons. The van der Waals surface area contributed by atoms with Crippen molar-refractivity contribution in [3.63, 3.8) is 0 Å². The first kappa shape index (κ1) is 8.09. The van der Waals surface area contributed by atoms with Gasteiger partial charge in [0.25, 0.3) is 0 Å². The van der Waals surface area contributed by atoms with Gasteiger partial charge in [-0.05, 0) is 18.3 Å². The zero-order valence-corrected chi connectivity index (χ0v) is 7.17. The summed E-state index contributed by atoms with van der Waals surface area (Å²) >= 11 is 5.57. The average Bonchev–Trinajstić information content (AvgIpc) is 2.47. The summed E-state index contributed by atoms with van der Waals surface area (Å²) < 4.78 is 0. The highest BCUT2D eigenvalue weighted by molar-refractivity contribution is 6.29. The summed E-state index contributed by atoms with van der Waals surface area (Å²) in [4.78, 5) is 0. The quantitative estimate of drug-likeness (QED) is 0.663. The third-order valence-electron chi connectivity index (χ3n) is 1.97. The summed E-state index contributed by atoms with van der Waals surface area (Å²) in [6, 6.07) is 0. The molecule has 0 amide bonds. The molecule has 1 N–H and O–H groups in total. The summed E-state index contributed by atoms with van der Waals surface area (Å²) in [5.74, 6) is 0. The molecule has 10 heavy (non-hydrogen) atoms. The van der Waals surface area contributed by atoms with Crippen LogP contribution in [-0.2, 0) is 0 Å². The van der Waals surface area contributed by atoms with Gasteiger partial charge >= 0.3 is 0 Å². The van der Waals surface area contributed by atoms with Crippen molar-refractivity contribution in [2.45, 2.75) is 19.8 Å². The minimum absolute atomic E-state index is 0.576. The molecule has 1 rings (SSSR count). The highest BCUT2D eigenvalue weighted by atomic mass is 35.5. The monoisotopic (exact) mass is 159 g/mol. The van der Waals surface area contributed by atoms with Gasteiger partial charge in [0, 0.05) is 18.1 Å². The Kier molecular flexibility index (Phi) is 2.37. The SMILES string of the molecule is C=C(Cl)CNCC1(C)CC1. The maximum Gasteiger partial charge on any atom is 0.0307 e. The first-order valence-electron chi connectivity index (χ1n) is 3.66. The Morgan fingerprint density at radius 1 is 1.70 bits per heavy atom. The highest BCUT2D eigenvalue weighted by Gasteiger charge is 2.36. The summed E-state index contributed by atoms with van der Waals surface area (Å²) in [6.45, 7) is 7.72. The number of hydrogen-bond donors (Lipinski definition) is 1. The maximum absolute atomic E-state index is 5.57. The van der Waals surface area contributed by atoms with E-state index in [-0.39, 0.29) is 0 Å². The molecule has 0 aromatic carbocycles. The second-order valence-corrected chi connectivity index (χ2v) is 3.97. The smallest absolute Gasteiger partial charge is 0.0307 e. The Morgan fingerprint density at radius 2 is 2.30 bits per heavy atom. The van der Waals surface area contributed by atoms with Gasteiger partial charge in [-0.25, -0.2) is 0 Å². The largest absolute Gasteiger partial charge is 0.311 e. The van der Waals surface area contributed by atoms with Crippen LogP contribution >= 0.6 is 11.6 Å². The predicted molar refractivity (Wildman–Crippen MR) is 45.2 cm³/mol. The summed E-state index contributed by atoms with van der Waals surface area (Å²) in [6.07, 6.45) is 2.71. The number of nitrogens with one attached hydrogen (secondary N) is 1. The van der Waals surface area contributed by atoms with Gasteiger partial charge in [-0.1, -0.05) is 25.1 Å². The lowest BCUT2D eigenvalue weighted by atomic mass is 10.1. The van der Waals surface area contributed by atoms with Gasteiger partial charge in [0.15, 0.2) is 0 Å². The van der Waals surface area contributed by atoms with Gasteiger partial charge in [-0.2, -0.15) is 0 Å². The number of halogens is 1. The van der Waals surface area contributed by atoms with Gasteiger partial charge in [0.2, 0.25) is 0 Å². The number of rotatable bonds is 4. The standard InChI is InChI=1S/C8H14ClN/c1-7(9)5-10-6-8(2)3-4-8/h10H,1,3-6H2,2H3. The van der Waals surface area contributed by atoms with Gasteiger partial charge in [0.1, 0.15) is 0 Å². The average molecular weight is 160 g/mol. The second kappa shape index (κ2) is 2.93. The molecule has 0 aromatic rings. The maximum atomic E-state index is 5.57. The molecular formula is C8H14ClN. The number of hydrogen-bond acceptors (Lipinski definition) is 1. The van der Waals surface area contributed by atoms with E-state index in [1.165, 1.54) is 12.8 Å². The summed E-state index contributed by atoms with van der Waals surface area (Å²) in [7, 11) is 0. The Labute approximate surface area is 67.5 Å². The molecule has 1 nitrogen and oxygen atoms in total. The van der Waals surface area contributed by atoms with Gasteiger partial charge < -0.3 is 5.32 Å². The lowest BCUT2D eigenvalue weighted by molar-refractivity contribution is 0.517. The molecule has 1 saturated carbocycles. The van der Waals surface area contributed by atoms with E-state index in [1.807, 2.05) is 0 Å². The molecule has 0 heterocycles. The van der Waals surface area contributed by atoms with Crippen LogP contribution in [0.2, 0.25) is 0 Å². The Hall–Kier alpha value is -0.0100. The molecule has 2 heteroatoms. The van der Waals surface area contributed by atoms with Crippen LogP contribution in [0.15, 0.2) is 11.6 Å². The molecule has 0 spiro atoms. The van der Waals surface area contributed by atoms with Crippen molar-refractivity contribution in [2.24, 2.45) is 5.41 Å². The molecule has 1 aliphatic carbocycles. The van der Waals surface area contributed by atoms with Crippen LogP contribution in [0.3, 0.4) is 0 Å². The van der Waals surface area contributed by atoms with E-state index in [2.05, 4.69) is 18.8 Å².